The van der Waals surface area contributed by atoms with Gasteiger partial charge in [-0.05, 0) is 76.6 Å². The Morgan fingerprint density at radius 2 is 1.55 bits per heavy atom. The maximum atomic E-state index is 14.5. The number of hydrogen-bond acceptors (Lipinski definition) is 4. The lowest BCUT2D eigenvalue weighted by atomic mass is 9.77. The third-order valence-electron chi connectivity index (χ3n) is 7.17. The second-order valence-corrected chi connectivity index (χ2v) is 12.3. The summed E-state index contributed by atoms with van der Waals surface area (Å²) in [6, 6.07) is 25.7. The van der Waals surface area contributed by atoms with Crippen molar-refractivity contribution in [2.45, 2.75) is 37.9 Å². The molecule has 0 spiro atoms. The van der Waals surface area contributed by atoms with Gasteiger partial charge >= 0.3 is 0 Å². The van der Waals surface area contributed by atoms with Gasteiger partial charge in [-0.3, -0.25) is 14.4 Å². The molecule has 4 atom stereocenters. The molecule has 1 fully saturated rings. The van der Waals surface area contributed by atoms with Crippen molar-refractivity contribution in [1.29, 1.82) is 0 Å². The number of nitrogens with zero attached hydrogens (tertiary/aromatic N) is 1. The molecule has 40 heavy (non-hydrogen) atoms. The lowest BCUT2D eigenvalue weighted by Crippen LogP contribution is -2.50. The molecule has 2 heterocycles. The Morgan fingerprint density at radius 3 is 2.17 bits per heavy atom. The molecule has 0 saturated carbocycles. The molecule has 1 N–H and O–H groups in total. The first-order chi connectivity index (χ1) is 19.3. The van der Waals surface area contributed by atoms with Gasteiger partial charge in [0.1, 0.15) is 6.04 Å². The van der Waals surface area contributed by atoms with Gasteiger partial charge in [0.05, 0.1) is 22.4 Å². The van der Waals surface area contributed by atoms with E-state index in [2.05, 4.69) is 21.2 Å². The van der Waals surface area contributed by atoms with Crippen LogP contribution in [0.4, 0.5) is 0 Å². The second-order valence-electron chi connectivity index (χ2n) is 10.1. The number of ketones is 1. The Morgan fingerprint density at radius 1 is 0.875 bits per heavy atom. The van der Waals surface area contributed by atoms with Crippen LogP contribution in [-0.2, 0) is 4.79 Å². The summed E-state index contributed by atoms with van der Waals surface area (Å²) in [4.78, 5) is 45.3. The predicted octanol–water partition coefficient (Wildman–Crippen LogP) is 7.54. The van der Waals surface area contributed by atoms with Gasteiger partial charge in [-0.2, -0.15) is 0 Å². The van der Waals surface area contributed by atoms with Crippen LogP contribution in [0.3, 0.4) is 0 Å². The van der Waals surface area contributed by atoms with Crippen LogP contribution >= 0.6 is 38.9 Å². The third kappa shape index (κ3) is 5.51. The number of thiophene rings is 1. The molecule has 4 aromatic rings. The van der Waals surface area contributed by atoms with E-state index in [0.29, 0.717) is 19.9 Å². The number of nitrogens with one attached hydrogen (secondary N) is 1. The zero-order valence-electron chi connectivity index (χ0n) is 22.0. The SMILES string of the molecule is CC(C)NC(=O)C1C(c2ccc(Cl)cc2)C(C(=O)c2cccs2)C(c2ccccc2)N1C(=O)c1ccccc1Br. The first-order valence-corrected chi connectivity index (χ1v) is 15.1. The Hall–Kier alpha value is -3.26. The van der Waals surface area contributed by atoms with Crippen molar-refractivity contribution < 1.29 is 14.4 Å². The van der Waals surface area contributed by atoms with Crippen molar-refractivity contribution in [2.24, 2.45) is 5.92 Å². The third-order valence-corrected chi connectivity index (χ3v) is 9.00. The summed E-state index contributed by atoms with van der Waals surface area (Å²) in [7, 11) is 0. The number of halogens is 2. The summed E-state index contributed by atoms with van der Waals surface area (Å²) in [5, 5.41) is 5.45. The topological polar surface area (TPSA) is 66.5 Å². The van der Waals surface area contributed by atoms with Gasteiger partial charge in [0.25, 0.3) is 5.91 Å². The first-order valence-electron chi connectivity index (χ1n) is 13.0. The second kappa shape index (κ2) is 12.1. The van der Waals surface area contributed by atoms with Gasteiger partial charge in [0.15, 0.2) is 5.78 Å². The molecule has 0 aliphatic carbocycles. The van der Waals surface area contributed by atoms with E-state index < -0.39 is 23.9 Å². The van der Waals surface area contributed by atoms with Crippen molar-refractivity contribution in [3.8, 4) is 0 Å². The molecule has 1 aliphatic heterocycles. The lowest BCUT2D eigenvalue weighted by molar-refractivity contribution is -0.126. The predicted molar refractivity (Wildman–Crippen MR) is 163 cm³/mol. The fraction of sp³-hybridized carbons (Fsp3) is 0.219. The molecule has 2 amide bonds. The van der Waals surface area contributed by atoms with Crippen molar-refractivity contribution in [3.63, 3.8) is 0 Å². The minimum Gasteiger partial charge on any atom is -0.352 e. The highest BCUT2D eigenvalue weighted by Crippen LogP contribution is 2.52. The molecule has 8 heteroatoms. The molecule has 4 unspecified atom stereocenters. The van der Waals surface area contributed by atoms with Crippen LogP contribution in [0.5, 0.6) is 0 Å². The maximum absolute atomic E-state index is 14.5. The van der Waals surface area contributed by atoms with Crippen LogP contribution in [0, 0.1) is 5.92 Å². The standard InChI is InChI=1S/C32H28BrClN2O3S/c1-19(2)35-31(38)29-26(20-14-16-22(34)17-15-20)27(30(37)25-13-8-18-40-25)28(21-9-4-3-5-10-21)36(29)32(39)23-11-6-7-12-24(23)33/h3-19,26-29H,1-2H3,(H,35,38). The number of amides is 2. The number of carbonyl (C=O) groups excluding carboxylic acids is 3. The summed E-state index contributed by atoms with van der Waals surface area (Å²) in [6.07, 6.45) is 0. The van der Waals surface area contributed by atoms with Crippen molar-refractivity contribution in [2.75, 3.05) is 0 Å². The number of carbonyl (C=O) groups is 3. The molecular formula is C32H28BrClN2O3S. The van der Waals surface area contributed by atoms with Crippen LogP contribution in [0.2, 0.25) is 5.02 Å². The highest BCUT2D eigenvalue weighted by Gasteiger charge is 2.57. The fourth-order valence-corrected chi connectivity index (χ4v) is 6.87. The molecule has 204 valence electrons. The van der Waals surface area contributed by atoms with Crippen LogP contribution in [0.1, 0.15) is 57.0 Å². The smallest absolute Gasteiger partial charge is 0.256 e. The van der Waals surface area contributed by atoms with Crippen molar-refractivity contribution in [1.82, 2.24) is 10.2 Å². The molecule has 0 bridgehead atoms. The van der Waals surface area contributed by atoms with E-state index in [-0.39, 0.29) is 23.6 Å². The van der Waals surface area contributed by atoms with E-state index >= 15 is 0 Å². The minimum absolute atomic E-state index is 0.103. The summed E-state index contributed by atoms with van der Waals surface area (Å²) in [6.45, 7) is 3.76. The highest BCUT2D eigenvalue weighted by molar-refractivity contribution is 9.10. The summed E-state index contributed by atoms with van der Waals surface area (Å²) >= 11 is 11.1. The maximum Gasteiger partial charge on any atom is 0.256 e. The summed E-state index contributed by atoms with van der Waals surface area (Å²) in [5.74, 6) is -2.09. The van der Waals surface area contributed by atoms with Crippen LogP contribution in [0.15, 0.2) is 101 Å². The van der Waals surface area contributed by atoms with Crippen LogP contribution in [0.25, 0.3) is 0 Å². The molecule has 5 rings (SSSR count). The van der Waals surface area contributed by atoms with Gasteiger partial charge in [-0.1, -0.05) is 72.3 Å². The Bertz CT molecular complexity index is 1510. The first kappa shape index (κ1) is 28.3. The van der Waals surface area contributed by atoms with E-state index in [9.17, 15) is 14.4 Å². The monoisotopic (exact) mass is 634 g/mol. The summed E-state index contributed by atoms with van der Waals surface area (Å²) < 4.78 is 0.617. The lowest BCUT2D eigenvalue weighted by Gasteiger charge is -2.32. The highest BCUT2D eigenvalue weighted by atomic mass is 79.9. The van der Waals surface area contributed by atoms with Gasteiger partial charge in [0, 0.05) is 21.5 Å². The zero-order valence-corrected chi connectivity index (χ0v) is 25.1. The molecular weight excluding hydrogens is 608 g/mol. The Balaban J connectivity index is 1.79. The van der Waals surface area contributed by atoms with E-state index in [1.807, 2.05) is 73.8 Å². The molecule has 1 saturated heterocycles. The number of rotatable bonds is 7. The molecule has 3 aromatic carbocycles. The summed E-state index contributed by atoms with van der Waals surface area (Å²) in [5.41, 5.74) is 1.98. The van der Waals surface area contributed by atoms with E-state index in [1.165, 1.54) is 11.3 Å². The van der Waals surface area contributed by atoms with E-state index in [4.69, 9.17) is 11.6 Å². The molecule has 0 radical (unpaired) electrons. The molecule has 1 aliphatic rings. The fourth-order valence-electron chi connectivity index (χ4n) is 5.58. The van der Waals surface area contributed by atoms with E-state index in [1.54, 1.807) is 41.3 Å². The van der Waals surface area contributed by atoms with Crippen LogP contribution < -0.4 is 5.32 Å². The normalized spacial score (nSPS) is 20.5. The quantitative estimate of drug-likeness (QED) is 0.214. The Kier molecular flexibility index (Phi) is 8.54. The number of Topliss-reactive ketones (excluding diaryl/α,β-unsaturated/α-hetero) is 1. The zero-order chi connectivity index (χ0) is 28.4. The van der Waals surface area contributed by atoms with Gasteiger partial charge in [-0.25, -0.2) is 0 Å². The molecule has 5 nitrogen and oxygen atoms in total. The van der Waals surface area contributed by atoms with Gasteiger partial charge in [0.2, 0.25) is 5.91 Å². The molecule has 1 aromatic heterocycles. The average molecular weight is 636 g/mol. The van der Waals surface area contributed by atoms with Crippen molar-refractivity contribution >= 4 is 56.5 Å². The Labute approximate surface area is 251 Å². The number of hydrogen-bond donors (Lipinski definition) is 1. The van der Waals surface area contributed by atoms with Crippen LogP contribution in [-0.4, -0.2) is 34.6 Å². The van der Waals surface area contributed by atoms with Gasteiger partial charge < -0.3 is 10.2 Å². The minimum atomic E-state index is -0.956. The van der Waals surface area contributed by atoms with Crippen molar-refractivity contribution in [3.05, 3.63) is 127 Å². The van der Waals surface area contributed by atoms with Gasteiger partial charge in [-0.15, -0.1) is 11.3 Å². The largest absolute Gasteiger partial charge is 0.352 e. The average Bonchev–Trinajstić information content (AvgIpc) is 3.60. The van der Waals surface area contributed by atoms with E-state index in [0.717, 1.165) is 11.1 Å². The number of benzene rings is 3. The number of likely N-dealkylation sites (tertiary alicyclic amines) is 1.